The van der Waals surface area contributed by atoms with Crippen molar-refractivity contribution in [2.24, 2.45) is 0 Å². The van der Waals surface area contributed by atoms with Gasteiger partial charge in [0.25, 0.3) is 0 Å². The zero-order valence-corrected chi connectivity index (χ0v) is 27.3. The zero-order chi connectivity index (χ0) is 32.8. The van der Waals surface area contributed by atoms with E-state index in [0.29, 0.717) is 17.5 Å². The number of para-hydroxylation sites is 2. The Kier molecular flexibility index (Phi) is 5.75. The summed E-state index contributed by atoms with van der Waals surface area (Å²) in [4.78, 5) is 17.2. The Bertz CT molecular complexity index is 2660. The third-order valence-corrected chi connectivity index (χ3v) is 11.1. The van der Waals surface area contributed by atoms with E-state index in [0.717, 1.165) is 82.5 Å². The summed E-state index contributed by atoms with van der Waals surface area (Å²) < 4.78 is 13.9. The van der Waals surface area contributed by atoms with Crippen LogP contribution in [0.5, 0.6) is 5.75 Å². The summed E-state index contributed by atoms with van der Waals surface area (Å²) >= 11 is 1.77. The number of nitrogens with zero attached hydrogens (tertiary/aromatic N) is 3. The first-order valence-electron chi connectivity index (χ1n) is 16.6. The average Bonchev–Trinajstić information content (AvgIpc) is 3.81. The first-order chi connectivity index (χ1) is 24.8. The summed E-state index contributed by atoms with van der Waals surface area (Å²) in [6.45, 7) is 0. The summed E-state index contributed by atoms with van der Waals surface area (Å²) in [6.07, 6.45) is 0. The molecule has 0 saturated carbocycles. The molecule has 1 unspecified atom stereocenters. The highest BCUT2D eigenvalue weighted by molar-refractivity contribution is 8.08. The lowest BCUT2D eigenvalue weighted by molar-refractivity contribution is 0.343. The van der Waals surface area contributed by atoms with Gasteiger partial charge in [-0.1, -0.05) is 139 Å². The molecule has 6 aromatic carbocycles. The predicted molar refractivity (Wildman–Crippen MR) is 198 cm³/mol. The van der Waals surface area contributed by atoms with E-state index in [2.05, 4.69) is 78.9 Å². The molecule has 0 radical (unpaired) electrons. The van der Waals surface area contributed by atoms with Gasteiger partial charge in [0.1, 0.15) is 28.3 Å². The van der Waals surface area contributed by atoms with Crippen molar-refractivity contribution < 1.29 is 9.15 Å². The van der Waals surface area contributed by atoms with E-state index in [1.54, 1.807) is 11.8 Å². The number of aromatic nitrogens is 3. The molecule has 0 amide bonds. The largest absolute Gasteiger partial charge is 0.459 e. The molecular formula is C44H25N3O2S. The van der Waals surface area contributed by atoms with Gasteiger partial charge < -0.3 is 9.15 Å². The topological polar surface area (TPSA) is 61.0 Å². The van der Waals surface area contributed by atoms with E-state index in [1.807, 2.05) is 72.8 Å². The summed E-state index contributed by atoms with van der Waals surface area (Å²) in [5.74, 6) is 4.55. The number of benzene rings is 6. The number of fused-ring (bicyclic) bond motifs is 12. The molecule has 50 heavy (non-hydrogen) atoms. The molecule has 11 rings (SSSR count). The van der Waals surface area contributed by atoms with Crippen LogP contribution in [-0.4, -0.2) is 15.0 Å². The van der Waals surface area contributed by atoms with Crippen molar-refractivity contribution in [3.63, 3.8) is 0 Å². The van der Waals surface area contributed by atoms with Crippen molar-refractivity contribution in [3.8, 4) is 51.0 Å². The maximum atomic E-state index is 7.01. The molecule has 0 N–H and O–H groups in total. The van der Waals surface area contributed by atoms with Crippen LogP contribution in [0.4, 0.5) is 0 Å². The third-order valence-electron chi connectivity index (χ3n) is 9.99. The summed E-state index contributed by atoms with van der Waals surface area (Å²) in [7, 11) is 0. The second kappa shape index (κ2) is 10.4. The van der Waals surface area contributed by atoms with Gasteiger partial charge in [-0.25, -0.2) is 15.0 Å². The van der Waals surface area contributed by atoms with Crippen LogP contribution in [0.1, 0.15) is 22.5 Å². The van der Waals surface area contributed by atoms with Crippen molar-refractivity contribution >= 4 is 27.6 Å². The lowest BCUT2D eigenvalue weighted by atomic mass is 9.76. The average molecular weight is 660 g/mol. The standard InChI is InChI=1S/C44H25N3O2S/c1-3-13-26(14-4-1)41-45-42(27-15-5-2-6-16-27)47-43(46-41)28-23-24-33-31(25-28)29-17-7-9-19-32(29)44(33)39-37(30-18-8-10-20-34(30)48-39)38-40(44)49-35-21-11-12-22-36(35)50-38/h1-25H. The molecule has 0 bridgehead atoms. The predicted octanol–water partition coefficient (Wildman–Crippen LogP) is 10.8. The number of ether oxygens (including phenoxy) is 1. The molecule has 1 aliphatic heterocycles. The van der Waals surface area contributed by atoms with Crippen molar-refractivity contribution in [1.29, 1.82) is 0 Å². The van der Waals surface area contributed by atoms with Crippen LogP contribution in [0.15, 0.2) is 167 Å². The Labute approximate surface area is 292 Å². The highest BCUT2D eigenvalue weighted by Gasteiger charge is 2.59. The first-order valence-corrected chi connectivity index (χ1v) is 17.4. The molecular weight excluding hydrogens is 635 g/mol. The maximum Gasteiger partial charge on any atom is 0.164 e. The minimum absolute atomic E-state index is 0.619. The summed E-state index contributed by atoms with van der Waals surface area (Å²) in [5.41, 5.74) is 8.51. The molecule has 3 heterocycles. The summed E-state index contributed by atoms with van der Waals surface area (Å²) in [6, 6.07) is 52.0. The molecule has 8 aromatic rings. The molecule has 0 saturated heterocycles. The van der Waals surface area contributed by atoms with Gasteiger partial charge in [-0.3, -0.25) is 0 Å². The Hall–Kier alpha value is -6.24. The van der Waals surface area contributed by atoms with E-state index < -0.39 is 5.41 Å². The number of rotatable bonds is 3. The number of hydrogen-bond acceptors (Lipinski definition) is 6. The molecule has 0 fully saturated rings. The molecule has 5 nitrogen and oxygen atoms in total. The molecule has 1 atom stereocenters. The van der Waals surface area contributed by atoms with E-state index in [1.165, 1.54) is 0 Å². The highest BCUT2D eigenvalue weighted by atomic mass is 32.2. The van der Waals surface area contributed by atoms with Crippen LogP contribution in [0.3, 0.4) is 0 Å². The smallest absolute Gasteiger partial charge is 0.164 e. The van der Waals surface area contributed by atoms with Crippen molar-refractivity contribution in [3.05, 3.63) is 180 Å². The minimum atomic E-state index is -0.766. The second-order valence-electron chi connectivity index (χ2n) is 12.7. The first kappa shape index (κ1) is 27.7. The lowest BCUT2D eigenvalue weighted by Gasteiger charge is -2.31. The van der Waals surface area contributed by atoms with Crippen LogP contribution in [0.2, 0.25) is 0 Å². The fourth-order valence-electron chi connectivity index (χ4n) is 7.83. The van der Waals surface area contributed by atoms with E-state index >= 15 is 0 Å². The van der Waals surface area contributed by atoms with Gasteiger partial charge in [0.15, 0.2) is 17.5 Å². The van der Waals surface area contributed by atoms with Crippen LogP contribution in [0, 0.1) is 0 Å². The number of furan rings is 1. The zero-order valence-electron chi connectivity index (χ0n) is 26.5. The van der Waals surface area contributed by atoms with Crippen LogP contribution < -0.4 is 4.74 Å². The fourth-order valence-corrected chi connectivity index (χ4v) is 9.00. The third kappa shape index (κ3) is 3.76. The van der Waals surface area contributed by atoms with Crippen LogP contribution in [-0.2, 0) is 5.41 Å². The van der Waals surface area contributed by atoms with Crippen molar-refractivity contribution in [2.45, 2.75) is 10.3 Å². The van der Waals surface area contributed by atoms with Gasteiger partial charge in [0, 0.05) is 27.6 Å². The molecule has 1 spiro atoms. The number of hydrogen-bond donors (Lipinski definition) is 0. The van der Waals surface area contributed by atoms with Crippen LogP contribution >= 0.6 is 11.8 Å². The van der Waals surface area contributed by atoms with E-state index in [-0.39, 0.29) is 0 Å². The molecule has 2 aliphatic carbocycles. The Morgan fingerprint density at radius 2 is 1.14 bits per heavy atom. The Morgan fingerprint density at radius 1 is 0.520 bits per heavy atom. The number of allylic oxidation sites excluding steroid dienone is 1. The molecule has 234 valence electrons. The Morgan fingerprint density at radius 3 is 1.92 bits per heavy atom. The van der Waals surface area contributed by atoms with Crippen LogP contribution in [0.25, 0.3) is 61.2 Å². The van der Waals surface area contributed by atoms with Gasteiger partial charge in [-0.15, -0.1) is 0 Å². The molecule has 6 heteroatoms. The molecule has 3 aliphatic rings. The SMILES string of the molecule is c1ccc(-c2nc(-c3ccccc3)nc(-c3ccc4c(c3)-c3ccccc3C43C4=C(Sc5ccccc5O4)c4c3oc3ccccc43)n2)cc1. The quantitative estimate of drug-likeness (QED) is 0.188. The van der Waals surface area contributed by atoms with E-state index in [4.69, 9.17) is 24.1 Å². The normalized spacial score (nSPS) is 16.5. The fraction of sp³-hybridized carbons (Fsp3) is 0.0227. The van der Waals surface area contributed by atoms with Gasteiger partial charge in [0.05, 0.1) is 9.80 Å². The Balaban J connectivity index is 1.16. The highest BCUT2D eigenvalue weighted by Crippen LogP contribution is 2.67. The lowest BCUT2D eigenvalue weighted by Crippen LogP contribution is -2.30. The van der Waals surface area contributed by atoms with Gasteiger partial charge >= 0.3 is 0 Å². The molecule has 2 aromatic heterocycles. The number of thioether (sulfide) groups is 1. The van der Waals surface area contributed by atoms with E-state index in [9.17, 15) is 0 Å². The van der Waals surface area contributed by atoms with Gasteiger partial charge in [-0.05, 0) is 46.5 Å². The van der Waals surface area contributed by atoms with Crippen molar-refractivity contribution in [2.75, 3.05) is 0 Å². The van der Waals surface area contributed by atoms with Gasteiger partial charge in [0.2, 0.25) is 0 Å². The second-order valence-corrected chi connectivity index (χ2v) is 13.8. The summed E-state index contributed by atoms with van der Waals surface area (Å²) in [5, 5.41) is 1.09. The maximum absolute atomic E-state index is 7.01. The van der Waals surface area contributed by atoms with Crippen molar-refractivity contribution in [1.82, 2.24) is 15.0 Å². The minimum Gasteiger partial charge on any atom is -0.459 e. The monoisotopic (exact) mass is 659 g/mol. The van der Waals surface area contributed by atoms with Gasteiger partial charge in [-0.2, -0.15) is 0 Å².